The third-order valence-electron chi connectivity index (χ3n) is 2.71. The fraction of sp³-hybridized carbons (Fsp3) is 0.231. The highest BCUT2D eigenvalue weighted by molar-refractivity contribution is 7.90. The molecule has 0 saturated heterocycles. The largest absolute Gasteiger partial charge is 0.461 e. The van der Waals surface area contributed by atoms with E-state index >= 15 is 0 Å². The van der Waals surface area contributed by atoms with Gasteiger partial charge < -0.3 is 10.5 Å². The van der Waals surface area contributed by atoms with Crippen LogP contribution in [-0.4, -0.2) is 37.0 Å². The first kappa shape index (κ1) is 15.0. The van der Waals surface area contributed by atoms with Crippen LogP contribution >= 0.6 is 0 Å². The maximum absolute atomic E-state index is 11.8. The molecule has 1 aromatic carbocycles. The number of nitrogens with two attached hydrogens (primary N) is 1. The van der Waals surface area contributed by atoms with Crippen LogP contribution in [0.5, 0.6) is 0 Å². The molecular weight excluding hydrogens is 294 g/mol. The van der Waals surface area contributed by atoms with Crippen molar-refractivity contribution in [2.24, 2.45) is 0 Å². The van der Waals surface area contributed by atoms with E-state index in [0.29, 0.717) is 0 Å². The molecule has 0 atom stereocenters. The fourth-order valence-electron chi connectivity index (χ4n) is 1.84. The molecule has 8 heteroatoms. The van der Waals surface area contributed by atoms with Crippen molar-refractivity contribution in [3.05, 3.63) is 36.0 Å². The fourth-order valence-corrected chi connectivity index (χ4v) is 2.70. The van der Waals surface area contributed by atoms with Gasteiger partial charge in [0, 0.05) is 12.3 Å². The first-order valence-corrected chi connectivity index (χ1v) is 8.06. The first-order valence-electron chi connectivity index (χ1n) is 6.16. The van der Waals surface area contributed by atoms with Gasteiger partial charge in [-0.3, -0.25) is 0 Å². The van der Waals surface area contributed by atoms with Gasteiger partial charge in [-0.05, 0) is 19.1 Å². The predicted octanol–water partition coefficient (Wildman–Crippen LogP) is 1.03. The maximum Gasteiger partial charge on any atom is 0.358 e. The number of ether oxygens (including phenoxy) is 1. The van der Waals surface area contributed by atoms with Crippen LogP contribution in [0.15, 0.2) is 35.2 Å². The zero-order valence-corrected chi connectivity index (χ0v) is 12.4. The number of sulfone groups is 1. The Labute approximate surface area is 122 Å². The van der Waals surface area contributed by atoms with Crippen LogP contribution in [0.4, 0.5) is 5.82 Å². The molecule has 0 unspecified atom stereocenters. The molecule has 21 heavy (non-hydrogen) atoms. The number of para-hydroxylation sites is 1. The summed E-state index contributed by atoms with van der Waals surface area (Å²) in [4.78, 5) is 11.7. The molecule has 2 aromatic rings. The molecule has 0 aliphatic heterocycles. The summed E-state index contributed by atoms with van der Waals surface area (Å²) in [6, 6.07) is 7.63. The molecule has 0 bridgehead atoms. The number of aromatic nitrogens is 2. The molecule has 0 radical (unpaired) electrons. The lowest BCUT2D eigenvalue weighted by atomic mass is 10.3. The van der Waals surface area contributed by atoms with E-state index in [-0.39, 0.29) is 28.7 Å². The number of nitrogens with zero attached hydrogens (tertiary/aromatic N) is 2. The van der Waals surface area contributed by atoms with Crippen molar-refractivity contribution >= 4 is 21.6 Å². The van der Waals surface area contributed by atoms with Crippen molar-refractivity contribution in [2.45, 2.75) is 11.8 Å². The van der Waals surface area contributed by atoms with Crippen LogP contribution in [0.3, 0.4) is 0 Å². The van der Waals surface area contributed by atoms with E-state index in [1.165, 1.54) is 16.8 Å². The number of rotatable bonds is 4. The normalized spacial score (nSPS) is 11.3. The Bertz CT molecular complexity index is 780. The SMILES string of the molecule is CCOC(=O)c1cc(N)n(-c2ccccc2S(C)(=O)=O)n1. The Hall–Kier alpha value is -2.35. The lowest BCUT2D eigenvalue weighted by molar-refractivity contribution is 0.0519. The molecule has 0 aliphatic rings. The van der Waals surface area contributed by atoms with E-state index in [4.69, 9.17) is 10.5 Å². The monoisotopic (exact) mass is 309 g/mol. The lowest BCUT2D eigenvalue weighted by Gasteiger charge is -2.08. The van der Waals surface area contributed by atoms with Gasteiger partial charge in [0.25, 0.3) is 0 Å². The smallest absolute Gasteiger partial charge is 0.358 e. The van der Waals surface area contributed by atoms with Gasteiger partial charge in [0.15, 0.2) is 15.5 Å². The number of benzene rings is 1. The lowest BCUT2D eigenvalue weighted by Crippen LogP contribution is -2.10. The summed E-state index contributed by atoms with van der Waals surface area (Å²) >= 11 is 0. The first-order chi connectivity index (χ1) is 9.84. The second-order valence-electron chi connectivity index (χ2n) is 4.33. The Morgan fingerprint density at radius 3 is 2.67 bits per heavy atom. The average Bonchev–Trinajstić information content (AvgIpc) is 2.80. The van der Waals surface area contributed by atoms with Crippen molar-refractivity contribution in [1.29, 1.82) is 0 Å². The molecule has 1 heterocycles. The van der Waals surface area contributed by atoms with E-state index in [2.05, 4.69) is 5.10 Å². The summed E-state index contributed by atoms with van der Waals surface area (Å²) in [6.07, 6.45) is 1.10. The highest BCUT2D eigenvalue weighted by atomic mass is 32.2. The van der Waals surface area contributed by atoms with Crippen molar-refractivity contribution in [2.75, 3.05) is 18.6 Å². The molecule has 0 spiro atoms. The van der Waals surface area contributed by atoms with Gasteiger partial charge in [-0.1, -0.05) is 12.1 Å². The predicted molar refractivity (Wildman–Crippen MR) is 77.0 cm³/mol. The Morgan fingerprint density at radius 1 is 1.38 bits per heavy atom. The Kier molecular flexibility index (Phi) is 3.99. The Morgan fingerprint density at radius 2 is 2.05 bits per heavy atom. The average molecular weight is 309 g/mol. The minimum atomic E-state index is -3.45. The topological polar surface area (TPSA) is 104 Å². The minimum absolute atomic E-state index is 0.0256. The third kappa shape index (κ3) is 3.05. The second-order valence-corrected chi connectivity index (χ2v) is 6.31. The molecular formula is C13H15N3O4S. The number of hydrogen-bond acceptors (Lipinski definition) is 6. The minimum Gasteiger partial charge on any atom is -0.461 e. The number of esters is 1. The van der Waals surface area contributed by atoms with Crippen molar-refractivity contribution < 1.29 is 17.9 Å². The standard InChI is InChI=1S/C13H15N3O4S/c1-3-20-13(17)9-8-12(14)16(15-9)10-6-4-5-7-11(10)21(2,18)19/h4-8H,3,14H2,1-2H3. The Balaban J connectivity index is 2.56. The summed E-state index contributed by atoms with van der Waals surface area (Å²) in [7, 11) is -3.45. The van der Waals surface area contributed by atoms with E-state index in [1.54, 1.807) is 25.1 Å². The number of anilines is 1. The highest BCUT2D eigenvalue weighted by Crippen LogP contribution is 2.22. The van der Waals surface area contributed by atoms with E-state index in [9.17, 15) is 13.2 Å². The summed E-state index contributed by atoms with van der Waals surface area (Å²) in [5.74, 6) is -0.464. The van der Waals surface area contributed by atoms with Crippen LogP contribution in [0.2, 0.25) is 0 Å². The van der Waals surface area contributed by atoms with Gasteiger partial charge in [-0.15, -0.1) is 0 Å². The summed E-state index contributed by atoms with van der Waals surface area (Å²) in [5, 5.41) is 4.03. The molecule has 1 aromatic heterocycles. The van der Waals surface area contributed by atoms with Crippen molar-refractivity contribution in [3.8, 4) is 5.69 Å². The number of hydrogen-bond donors (Lipinski definition) is 1. The quantitative estimate of drug-likeness (QED) is 0.846. The van der Waals surface area contributed by atoms with Gasteiger partial charge in [-0.2, -0.15) is 5.10 Å². The van der Waals surface area contributed by atoms with E-state index in [0.717, 1.165) is 6.26 Å². The van der Waals surface area contributed by atoms with Crippen molar-refractivity contribution in [3.63, 3.8) is 0 Å². The number of carbonyl (C=O) groups is 1. The number of nitrogen functional groups attached to an aromatic ring is 1. The molecule has 112 valence electrons. The van der Waals surface area contributed by atoms with E-state index in [1.807, 2.05) is 0 Å². The van der Waals surface area contributed by atoms with Gasteiger partial charge in [0.05, 0.1) is 17.2 Å². The maximum atomic E-state index is 11.8. The molecule has 2 rings (SSSR count). The zero-order chi connectivity index (χ0) is 15.6. The van der Waals surface area contributed by atoms with Crippen LogP contribution < -0.4 is 5.73 Å². The van der Waals surface area contributed by atoms with Gasteiger partial charge in [0.2, 0.25) is 0 Å². The zero-order valence-electron chi connectivity index (χ0n) is 11.6. The van der Waals surface area contributed by atoms with Crippen molar-refractivity contribution in [1.82, 2.24) is 9.78 Å². The van der Waals surface area contributed by atoms with E-state index < -0.39 is 15.8 Å². The molecule has 7 nitrogen and oxygen atoms in total. The molecule has 0 aliphatic carbocycles. The summed E-state index contributed by atoms with van der Waals surface area (Å²) < 4.78 is 29.7. The molecule has 2 N–H and O–H groups in total. The molecule has 0 saturated carbocycles. The van der Waals surface area contributed by atoms with Gasteiger partial charge in [0.1, 0.15) is 5.82 Å². The van der Waals surface area contributed by atoms with Crippen LogP contribution in [0.1, 0.15) is 17.4 Å². The highest BCUT2D eigenvalue weighted by Gasteiger charge is 2.19. The van der Waals surface area contributed by atoms with Gasteiger partial charge >= 0.3 is 5.97 Å². The van der Waals surface area contributed by atoms with Crippen LogP contribution in [0.25, 0.3) is 5.69 Å². The summed E-state index contributed by atoms with van der Waals surface area (Å²) in [6.45, 7) is 1.89. The van der Waals surface area contributed by atoms with Crippen LogP contribution in [-0.2, 0) is 14.6 Å². The summed E-state index contributed by atoms with van der Waals surface area (Å²) in [5.41, 5.74) is 6.13. The third-order valence-corrected chi connectivity index (χ3v) is 3.86. The number of carbonyl (C=O) groups excluding carboxylic acids is 1. The molecule has 0 fully saturated rings. The molecule has 0 amide bonds. The van der Waals surface area contributed by atoms with Crippen LogP contribution in [0, 0.1) is 0 Å². The second kappa shape index (κ2) is 5.57. The van der Waals surface area contributed by atoms with Gasteiger partial charge in [-0.25, -0.2) is 17.9 Å².